The summed E-state index contributed by atoms with van der Waals surface area (Å²) in [6.45, 7) is -0.274. The van der Waals surface area contributed by atoms with Gasteiger partial charge in [0.2, 0.25) is 10.0 Å². The van der Waals surface area contributed by atoms with Crippen molar-refractivity contribution in [1.29, 1.82) is 0 Å². The highest BCUT2D eigenvalue weighted by atomic mass is 35.5. The van der Waals surface area contributed by atoms with E-state index in [2.05, 4.69) is 14.7 Å². The van der Waals surface area contributed by atoms with Crippen LogP contribution in [0.2, 0.25) is 10.2 Å². The van der Waals surface area contributed by atoms with Crippen LogP contribution in [0.15, 0.2) is 48.7 Å². The average Bonchev–Trinajstić information content (AvgIpc) is 3.19. The van der Waals surface area contributed by atoms with Crippen LogP contribution in [0.1, 0.15) is 23.0 Å². The molecule has 0 bridgehead atoms. The van der Waals surface area contributed by atoms with Crippen molar-refractivity contribution in [3.8, 4) is 5.75 Å². The van der Waals surface area contributed by atoms with Gasteiger partial charge >= 0.3 is 0 Å². The Balaban J connectivity index is 1.47. The zero-order valence-electron chi connectivity index (χ0n) is 19.7. The van der Waals surface area contributed by atoms with Gasteiger partial charge in [-0.3, -0.25) is 9.52 Å². The largest absolute Gasteiger partial charge is 0.481 e. The van der Waals surface area contributed by atoms with Crippen molar-refractivity contribution >= 4 is 50.6 Å². The third kappa shape index (κ3) is 5.24. The lowest BCUT2D eigenvalue weighted by Crippen LogP contribution is -2.43. The number of fused-ring (bicyclic) bond motifs is 3. The minimum absolute atomic E-state index is 0.0120. The molecule has 1 aliphatic heterocycles. The molecule has 1 amide bonds. The number of amides is 1. The number of imidazole rings is 1. The lowest BCUT2D eigenvalue weighted by Gasteiger charge is -2.36. The predicted octanol–water partition coefficient (Wildman–Crippen LogP) is 4.24. The first-order valence-electron chi connectivity index (χ1n) is 11.2. The van der Waals surface area contributed by atoms with Gasteiger partial charge in [-0.15, -0.1) is 0 Å². The highest BCUT2D eigenvalue weighted by Gasteiger charge is 2.37. The van der Waals surface area contributed by atoms with Gasteiger partial charge in [0.15, 0.2) is 17.5 Å². The number of anilines is 1. The molecule has 1 atom stereocenters. The number of sulfonamides is 1. The molecule has 38 heavy (non-hydrogen) atoms. The van der Waals surface area contributed by atoms with E-state index in [1.807, 2.05) is 0 Å². The summed E-state index contributed by atoms with van der Waals surface area (Å²) in [7, 11) is -3.56. The van der Waals surface area contributed by atoms with Crippen LogP contribution in [0.25, 0.3) is 5.65 Å². The molecule has 0 saturated heterocycles. The fourth-order valence-corrected chi connectivity index (χ4v) is 5.23. The molecule has 198 valence electrons. The second-order valence-corrected chi connectivity index (χ2v) is 11.1. The number of hydrogen-bond acceptors (Lipinski definition) is 6. The van der Waals surface area contributed by atoms with Crippen molar-refractivity contribution in [3.63, 3.8) is 0 Å². The van der Waals surface area contributed by atoms with Crippen LogP contribution in [0.3, 0.4) is 0 Å². The van der Waals surface area contributed by atoms with Gasteiger partial charge in [-0.2, -0.15) is 0 Å². The molecule has 0 aliphatic carbocycles. The fourth-order valence-electron chi connectivity index (χ4n) is 4.37. The molecule has 14 heteroatoms. The van der Waals surface area contributed by atoms with Gasteiger partial charge in [-0.05, 0) is 30.3 Å². The van der Waals surface area contributed by atoms with E-state index in [1.54, 1.807) is 4.40 Å². The van der Waals surface area contributed by atoms with Crippen molar-refractivity contribution in [2.75, 3.05) is 24.1 Å². The summed E-state index contributed by atoms with van der Waals surface area (Å²) in [5.41, 5.74) is 1.66. The minimum atomic E-state index is -3.56. The highest BCUT2D eigenvalue weighted by Crippen LogP contribution is 2.38. The molecule has 0 spiro atoms. The van der Waals surface area contributed by atoms with E-state index in [-0.39, 0.29) is 33.9 Å². The maximum Gasteiger partial charge on any atom is 0.261 e. The first kappa shape index (κ1) is 26.1. The summed E-state index contributed by atoms with van der Waals surface area (Å²) < 4.78 is 61.3. The number of pyridine rings is 2. The molecule has 4 heterocycles. The Morgan fingerprint density at radius 1 is 1.16 bits per heavy atom. The Bertz CT molecular complexity index is 1680. The lowest BCUT2D eigenvalue weighted by molar-refractivity contribution is -0.135. The second-order valence-electron chi connectivity index (χ2n) is 8.57. The van der Waals surface area contributed by atoms with Crippen molar-refractivity contribution in [1.82, 2.24) is 19.3 Å². The van der Waals surface area contributed by atoms with Crippen LogP contribution < -0.4 is 9.46 Å². The zero-order chi connectivity index (χ0) is 27.2. The molecule has 0 fully saturated rings. The first-order chi connectivity index (χ1) is 18.0. The third-order valence-electron chi connectivity index (χ3n) is 5.89. The molecule has 4 aromatic rings. The lowest BCUT2D eigenvalue weighted by atomic mass is 9.95. The van der Waals surface area contributed by atoms with Crippen LogP contribution in [0, 0.1) is 11.6 Å². The molecule has 9 nitrogen and oxygen atoms in total. The molecule has 1 N–H and O–H groups in total. The van der Waals surface area contributed by atoms with Crippen molar-refractivity contribution in [2.45, 2.75) is 12.5 Å². The maximum absolute atomic E-state index is 15.2. The molecular formula is C24H19Cl2F2N5O4S. The summed E-state index contributed by atoms with van der Waals surface area (Å²) in [4.78, 5) is 23.3. The van der Waals surface area contributed by atoms with Gasteiger partial charge in [0.25, 0.3) is 5.91 Å². The summed E-state index contributed by atoms with van der Waals surface area (Å²) in [6, 6.07) is 8.51. The van der Waals surface area contributed by atoms with Gasteiger partial charge in [0, 0.05) is 35.8 Å². The minimum Gasteiger partial charge on any atom is -0.481 e. The third-order valence-corrected chi connectivity index (χ3v) is 6.98. The van der Waals surface area contributed by atoms with E-state index < -0.39 is 40.2 Å². The van der Waals surface area contributed by atoms with Gasteiger partial charge < -0.3 is 14.0 Å². The summed E-state index contributed by atoms with van der Waals surface area (Å²) in [5, 5.41) is 0.0381. The van der Waals surface area contributed by atoms with Crippen LogP contribution in [0.4, 0.5) is 14.6 Å². The Labute approximate surface area is 226 Å². The maximum atomic E-state index is 15.2. The number of benzene rings is 1. The predicted molar refractivity (Wildman–Crippen MR) is 137 cm³/mol. The molecular weight excluding hydrogens is 563 g/mol. The number of nitrogens with one attached hydrogen (secondary N) is 1. The molecule has 1 aromatic carbocycles. The van der Waals surface area contributed by atoms with Gasteiger partial charge in [0.05, 0.1) is 17.6 Å². The average molecular weight is 582 g/mol. The number of nitrogens with zero attached hydrogens (tertiary/aromatic N) is 4. The van der Waals surface area contributed by atoms with Crippen LogP contribution >= 0.6 is 23.2 Å². The molecule has 5 rings (SSSR count). The number of carbonyl (C=O) groups excluding carboxylic acids is 1. The number of carbonyl (C=O) groups is 1. The van der Waals surface area contributed by atoms with Gasteiger partial charge in [0.1, 0.15) is 29.1 Å². The Morgan fingerprint density at radius 2 is 1.95 bits per heavy atom. The van der Waals surface area contributed by atoms with Crippen molar-refractivity contribution in [3.05, 3.63) is 87.4 Å². The molecule has 0 radical (unpaired) electrons. The number of ether oxygens (including phenoxy) is 1. The Kier molecular flexibility index (Phi) is 6.88. The van der Waals surface area contributed by atoms with Gasteiger partial charge in [-0.25, -0.2) is 27.2 Å². The van der Waals surface area contributed by atoms with Gasteiger partial charge in [-0.1, -0.05) is 29.3 Å². The fraction of sp³-hybridized carbons (Fsp3) is 0.208. The van der Waals surface area contributed by atoms with Crippen LogP contribution in [-0.4, -0.2) is 53.0 Å². The Hall–Kier alpha value is -3.48. The van der Waals surface area contributed by atoms with E-state index in [0.29, 0.717) is 23.5 Å². The van der Waals surface area contributed by atoms with E-state index in [1.165, 1.54) is 47.5 Å². The van der Waals surface area contributed by atoms with E-state index in [9.17, 15) is 17.6 Å². The summed E-state index contributed by atoms with van der Waals surface area (Å²) in [5.74, 6) is -1.54. The molecule has 0 saturated carbocycles. The topological polar surface area (TPSA) is 106 Å². The second kappa shape index (κ2) is 10.0. The smallest absolute Gasteiger partial charge is 0.261 e. The zero-order valence-corrected chi connectivity index (χ0v) is 22.0. The van der Waals surface area contributed by atoms with Crippen LogP contribution in [-0.2, 0) is 21.2 Å². The number of halogens is 4. The molecule has 3 aromatic heterocycles. The van der Waals surface area contributed by atoms with E-state index >= 15 is 4.39 Å². The highest BCUT2D eigenvalue weighted by molar-refractivity contribution is 7.92. The van der Waals surface area contributed by atoms with E-state index in [4.69, 9.17) is 27.9 Å². The SMILES string of the molecule is CS(=O)(=O)Nc1ccc(OCC(=O)N2CCc3nc4cc(F)ccn4c3C2c2ccc(Cl)cc2F)c(Cl)n1. The molecule has 1 unspecified atom stereocenters. The molecule has 1 aliphatic rings. The van der Waals surface area contributed by atoms with E-state index in [0.717, 1.165) is 12.3 Å². The monoisotopic (exact) mass is 581 g/mol. The van der Waals surface area contributed by atoms with Crippen molar-refractivity contribution < 1.29 is 26.7 Å². The summed E-state index contributed by atoms with van der Waals surface area (Å²) >= 11 is 12.1. The standard InChI is InChI=1S/C24H19Cl2F2N5O4S/c1-38(35,36)31-19-5-4-18(24(26)30-19)37-12-21(34)33-9-7-17-23(32-8-6-14(27)11-20(32)29-17)22(33)15-3-2-13(25)10-16(15)28/h2-6,8,10-11,22H,7,9,12H2,1H3,(H,30,31). The van der Waals surface area contributed by atoms with Crippen LogP contribution in [0.5, 0.6) is 5.75 Å². The first-order valence-corrected chi connectivity index (χ1v) is 13.8. The van der Waals surface area contributed by atoms with Crippen molar-refractivity contribution in [2.24, 2.45) is 0 Å². The number of aromatic nitrogens is 3. The number of hydrogen-bond donors (Lipinski definition) is 1. The normalized spacial score (nSPS) is 15.4. The number of rotatable bonds is 6. The Morgan fingerprint density at radius 3 is 2.66 bits per heavy atom. The summed E-state index contributed by atoms with van der Waals surface area (Å²) in [6.07, 6.45) is 2.81. The quantitative estimate of drug-likeness (QED) is 0.341.